The number of aryl methyl sites for hydroxylation is 1. The van der Waals surface area contributed by atoms with Gasteiger partial charge in [-0.25, -0.2) is 9.67 Å². The summed E-state index contributed by atoms with van der Waals surface area (Å²) >= 11 is 3.38. The molecular formula is C19H19BrN4O2. The molecule has 7 heteroatoms. The summed E-state index contributed by atoms with van der Waals surface area (Å²) in [6.45, 7) is 2.89. The second kappa shape index (κ2) is 8.62. The molecule has 0 aliphatic rings. The highest BCUT2D eigenvalue weighted by Crippen LogP contribution is 2.22. The first-order valence-corrected chi connectivity index (χ1v) is 9.17. The van der Waals surface area contributed by atoms with Crippen molar-refractivity contribution in [2.75, 3.05) is 5.32 Å². The number of hydrogen-bond acceptors (Lipinski definition) is 4. The molecule has 2 aromatic heterocycles. The van der Waals surface area contributed by atoms with Crippen LogP contribution in [-0.4, -0.2) is 20.7 Å². The Morgan fingerprint density at radius 3 is 2.69 bits per heavy atom. The summed E-state index contributed by atoms with van der Waals surface area (Å²) in [5, 5.41) is 7.10. The Morgan fingerprint density at radius 1 is 1.19 bits per heavy atom. The summed E-state index contributed by atoms with van der Waals surface area (Å²) in [6.07, 6.45) is 5.25. The number of unbranched alkanes of at least 4 members (excludes halogenated alkanes) is 1. The normalized spacial score (nSPS) is 10.5. The molecule has 0 bridgehead atoms. The number of anilines is 1. The third-order valence-corrected chi connectivity index (χ3v) is 4.24. The molecule has 6 nitrogen and oxygen atoms in total. The minimum absolute atomic E-state index is 0.231. The Morgan fingerprint density at radius 2 is 2.00 bits per heavy atom. The lowest BCUT2D eigenvalue weighted by Crippen LogP contribution is -2.16. The molecule has 0 aliphatic heterocycles. The predicted molar refractivity (Wildman–Crippen MR) is 104 cm³/mol. The molecule has 0 saturated heterocycles. The van der Waals surface area contributed by atoms with Crippen LogP contribution < -0.4 is 10.1 Å². The molecule has 1 N–H and O–H groups in total. The largest absolute Gasteiger partial charge is 0.439 e. The van der Waals surface area contributed by atoms with E-state index in [-0.39, 0.29) is 5.91 Å². The van der Waals surface area contributed by atoms with E-state index >= 15 is 0 Å². The number of nitrogens with one attached hydrogen (secondary N) is 1. The van der Waals surface area contributed by atoms with Gasteiger partial charge in [-0.2, -0.15) is 5.10 Å². The van der Waals surface area contributed by atoms with Crippen LogP contribution in [0, 0.1) is 0 Å². The number of rotatable bonds is 7. The number of ether oxygens (including phenoxy) is 1. The fourth-order valence-corrected chi connectivity index (χ4v) is 2.58. The zero-order chi connectivity index (χ0) is 18.4. The third kappa shape index (κ3) is 4.70. The number of pyridine rings is 1. The fourth-order valence-electron chi connectivity index (χ4n) is 2.31. The quantitative estimate of drug-likeness (QED) is 0.597. The van der Waals surface area contributed by atoms with E-state index in [1.165, 1.54) is 6.20 Å². The molecule has 0 atom stereocenters. The van der Waals surface area contributed by atoms with Crippen LogP contribution in [0.4, 0.5) is 5.82 Å². The van der Waals surface area contributed by atoms with Gasteiger partial charge in [-0.15, -0.1) is 0 Å². The number of halogens is 1. The van der Waals surface area contributed by atoms with Gasteiger partial charge in [-0.05, 0) is 36.8 Å². The van der Waals surface area contributed by atoms with E-state index < -0.39 is 0 Å². The Labute approximate surface area is 160 Å². The highest BCUT2D eigenvalue weighted by molar-refractivity contribution is 9.10. The average molecular weight is 415 g/mol. The lowest BCUT2D eigenvalue weighted by molar-refractivity contribution is 0.102. The fraction of sp³-hybridized carbons (Fsp3) is 0.211. The SMILES string of the molecule is CCCCn1nccc1NC(=O)c1ccc(Oc2ccc(Br)cc2)nc1. The molecule has 0 aliphatic carbocycles. The number of aromatic nitrogens is 3. The molecule has 2 heterocycles. The van der Waals surface area contributed by atoms with Gasteiger partial charge in [0.2, 0.25) is 5.88 Å². The molecule has 3 rings (SSSR count). The van der Waals surface area contributed by atoms with Gasteiger partial charge in [-0.3, -0.25) is 4.79 Å². The van der Waals surface area contributed by atoms with Gasteiger partial charge < -0.3 is 10.1 Å². The molecule has 3 aromatic rings. The molecule has 0 spiro atoms. The van der Waals surface area contributed by atoms with E-state index in [4.69, 9.17) is 4.74 Å². The van der Waals surface area contributed by atoms with Crippen molar-refractivity contribution >= 4 is 27.7 Å². The van der Waals surface area contributed by atoms with Crippen molar-refractivity contribution in [2.24, 2.45) is 0 Å². The third-order valence-electron chi connectivity index (χ3n) is 3.72. The molecule has 0 saturated carbocycles. The Kier molecular flexibility index (Phi) is 6.01. The summed E-state index contributed by atoms with van der Waals surface area (Å²) < 4.78 is 8.43. The molecule has 1 aromatic carbocycles. The first-order chi connectivity index (χ1) is 12.7. The molecule has 1 amide bonds. The maximum absolute atomic E-state index is 12.4. The molecule has 26 heavy (non-hydrogen) atoms. The Hall–Kier alpha value is -2.67. The van der Waals surface area contributed by atoms with E-state index in [9.17, 15) is 4.79 Å². The van der Waals surface area contributed by atoms with Crippen molar-refractivity contribution in [3.05, 3.63) is 64.9 Å². The number of hydrogen-bond donors (Lipinski definition) is 1. The van der Waals surface area contributed by atoms with Crippen LogP contribution in [0.25, 0.3) is 0 Å². The lowest BCUT2D eigenvalue weighted by Gasteiger charge is -2.09. The average Bonchev–Trinajstić information content (AvgIpc) is 3.09. The van der Waals surface area contributed by atoms with Crippen molar-refractivity contribution in [1.82, 2.24) is 14.8 Å². The summed E-state index contributed by atoms with van der Waals surface area (Å²) in [5.74, 6) is 1.55. The summed E-state index contributed by atoms with van der Waals surface area (Å²) in [5.41, 5.74) is 0.455. The van der Waals surface area contributed by atoms with Crippen molar-refractivity contribution in [3.8, 4) is 11.6 Å². The van der Waals surface area contributed by atoms with Crippen LogP contribution in [0.5, 0.6) is 11.6 Å². The summed E-state index contributed by atoms with van der Waals surface area (Å²) in [4.78, 5) is 16.6. The Balaban J connectivity index is 1.63. The van der Waals surface area contributed by atoms with Gasteiger partial charge in [0, 0.05) is 29.3 Å². The maximum atomic E-state index is 12.4. The molecular weight excluding hydrogens is 396 g/mol. The van der Waals surface area contributed by atoms with E-state index in [2.05, 4.69) is 38.3 Å². The van der Waals surface area contributed by atoms with E-state index in [0.717, 1.165) is 23.9 Å². The van der Waals surface area contributed by atoms with Crippen molar-refractivity contribution in [1.29, 1.82) is 0 Å². The topological polar surface area (TPSA) is 69.0 Å². The second-order valence-corrected chi connectivity index (χ2v) is 6.60. The minimum Gasteiger partial charge on any atom is -0.439 e. The van der Waals surface area contributed by atoms with Crippen LogP contribution in [0.1, 0.15) is 30.1 Å². The predicted octanol–water partition coefficient (Wildman–Crippen LogP) is 4.89. The highest BCUT2D eigenvalue weighted by Gasteiger charge is 2.10. The number of amides is 1. The molecule has 0 radical (unpaired) electrons. The highest BCUT2D eigenvalue weighted by atomic mass is 79.9. The number of benzene rings is 1. The van der Waals surface area contributed by atoms with Crippen LogP contribution in [-0.2, 0) is 6.54 Å². The van der Waals surface area contributed by atoms with Gasteiger partial charge in [-0.1, -0.05) is 29.3 Å². The second-order valence-electron chi connectivity index (χ2n) is 5.69. The Bertz CT molecular complexity index is 860. The first-order valence-electron chi connectivity index (χ1n) is 8.38. The van der Waals surface area contributed by atoms with Crippen molar-refractivity contribution < 1.29 is 9.53 Å². The monoisotopic (exact) mass is 414 g/mol. The van der Waals surface area contributed by atoms with Crippen LogP contribution >= 0.6 is 15.9 Å². The molecule has 134 valence electrons. The van der Waals surface area contributed by atoms with Crippen molar-refractivity contribution in [3.63, 3.8) is 0 Å². The lowest BCUT2D eigenvalue weighted by atomic mass is 10.2. The molecule has 0 fully saturated rings. The first kappa shape index (κ1) is 18.1. The zero-order valence-electron chi connectivity index (χ0n) is 14.4. The van der Waals surface area contributed by atoms with E-state index in [0.29, 0.717) is 23.0 Å². The standard InChI is InChI=1S/C19H19BrN4O2/c1-2-3-12-24-17(10-11-22-24)23-19(25)14-4-9-18(21-13-14)26-16-7-5-15(20)6-8-16/h4-11,13H,2-3,12H2,1H3,(H,23,25). The molecule has 0 unspecified atom stereocenters. The van der Waals surface area contributed by atoms with E-state index in [1.807, 2.05) is 24.3 Å². The summed E-state index contributed by atoms with van der Waals surface area (Å²) in [6, 6.07) is 12.6. The van der Waals surface area contributed by atoms with Crippen LogP contribution in [0.3, 0.4) is 0 Å². The number of carbonyl (C=O) groups excluding carboxylic acids is 1. The van der Waals surface area contributed by atoms with Gasteiger partial charge >= 0.3 is 0 Å². The van der Waals surface area contributed by atoms with Crippen LogP contribution in [0.2, 0.25) is 0 Å². The van der Waals surface area contributed by atoms with Gasteiger partial charge in [0.1, 0.15) is 11.6 Å². The number of nitrogens with zero attached hydrogens (tertiary/aromatic N) is 3. The zero-order valence-corrected chi connectivity index (χ0v) is 15.9. The van der Waals surface area contributed by atoms with Gasteiger partial charge in [0.05, 0.1) is 11.8 Å². The van der Waals surface area contributed by atoms with Gasteiger partial charge in [0.25, 0.3) is 5.91 Å². The summed E-state index contributed by atoms with van der Waals surface area (Å²) in [7, 11) is 0. The maximum Gasteiger partial charge on any atom is 0.258 e. The van der Waals surface area contributed by atoms with Crippen LogP contribution in [0.15, 0.2) is 59.3 Å². The minimum atomic E-state index is -0.231. The smallest absolute Gasteiger partial charge is 0.258 e. The number of carbonyl (C=O) groups is 1. The van der Waals surface area contributed by atoms with Crippen molar-refractivity contribution in [2.45, 2.75) is 26.3 Å². The van der Waals surface area contributed by atoms with Gasteiger partial charge in [0.15, 0.2) is 0 Å². The van der Waals surface area contributed by atoms with E-state index in [1.54, 1.807) is 29.1 Å².